The largest absolute Gasteiger partial charge is 0.394 e. The van der Waals surface area contributed by atoms with E-state index in [1.54, 1.807) is 6.92 Å². The second kappa shape index (κ2) is 7.04. The average Bonchev–Trinajstić information content (AvgIpc) is 2.34. The molecule has 0 spiro atoms. The molecule has 17 heavy (non-hydrogen) atoms. The number of amides is 1. The van der Waals surface area contributed by atoms with Gasteiger partial charge < -0.3 is 15.5 Å². The normalized spacial score (nSPS) is 14.1. The van der Waals surface area contributed by atoms with Crippen molar-refractivity contribution in [1.29, 1.82) is 0 Å². The van der Waals surface area contributed by atoms with Crippen LogP contribution in [0.3, 0.4) is 0 Å². The number of rotatable bonds is 6. The molecule has 0 aliphatic heterocycles. The lowest BCUT2D eigenvalue weighted by molar-refractivity contribution is -0.122. The van der Waals surface area contributed by atoms with Gasteiger partial charge in [0.05, 0.1) is 18.8 Å². The second-order valence-electron chi connectivity index (χ2n) is 4.10. The predicted molar refractivity (Wildman–Crippen MR) is 65.3 cm³/mol. The Morgan fingerprint density at radius 1 is 1.35 bits per heavy atom. The molecular formula is C13H19NO3. The molecule has 0 heterocycles. The van der Waals surface area contributed by atoms with Crippen LogP contribution in [-0.2, 0) is 4.79 Å². The first-order valence-electron chi connectivity index (χ1n) is 5.76. The third-order valence-electron chi connectivity index (χ3n) is 2.51. The van der Waals surface area contributed by atoms with Gasteiger partial charge in [-0.25, -0.2) is 0 Å². The maximum atomic E-state index is 11.6. The summed E-state index contributed by atoms with van der Waals surface area (Å²) in [4.78, 5) is 11.6. The van der Waals surface area contributed by atoms with Gasteiger partial charge in [-0.1, -0.05) is 30.3 Å². The quantitative estimate of drug-likeness (QED) is 0.691. The summed E-state index contributed by atoms with van der Waals surface area (Å²) in [6.45, 7) is 1.51. The summed E-state index contributed by atoms with van der Waals surface area (Å²) in [6.07, 6.45) is 0.213. The molecule has 94 valence electrons. The molecule has 1 aromatic carbocycles. The first-order chi connectivity index (χ1) is 8.13. The lowest BCUT2D eigenvalue weighted by Crippen LogP contribution is -2.31. The predicted octanol–water partition coefficient (Wildman–Crippen LogP) is 0.997. The number of aliphatic hydroxyl groups is 2. The van der Waals surface area contributed by atoms with Crippen LogP contribution in [0.25, 0.3) is 0 Å². The molecule has 0 aromatic heterocycles. The molecule has 0 saturated heterocycles. The van der Waals surface area contributed by atoms with Crippen molar-refractivity contribution in [2.75, 3.05) is 6.61 Å². The van der Waals surface area contributed by atoms with Crippen molar-refractivity contribution >= 4 is 5.91 Å². The van der Waals surface area contributed by atoms with Crippen molar-refractivity contribution in [1.82, 2.24) is 5.32 Å². The zero-order valence-corrected chi connectivity index (χ0v) is 9.97. The SMILES string of the molecule is CC(O)CCC(=O)NC(CO)c1ccccc1. The van der Waals surface area contributed by atoms with Crippen molar-refractivity contribution in [3.63, 3.8) is 0 Å². The minimum atomic E-state index is -0.481. The van der Waals surface area contributed by atoms with Crippen molar-refractivity contribution < 1.29 is 15.0 Å². The average molecular weight is 237 g/mol. The number of carbonyl (C=O) groups excluding carboxylic acids is 1. The van der Waals surface area contributed by atoms with E-state index in [1.807, 2.05) is 30.3 Å². The van der Waals surface area contributed by atoms with E-state index in [4.69, 9.17) is 5.11 Å². The Kier molecular flexibility index (Phi) is 5.66. The number of aliphatic hydroxyl groups excluding tert-OH is 2. The summed E-state index contributed by atoms with van der Waals surface area (Å²) in [5.41, 5.74) is 0.875. The van der Waals surface area contributed by atoms with Gasteiger partial charge in [-0.3, -0.25) is 4.79 Å². The lowest BCUT2D eigenvalue weighted by Gasteiger charge is -2.16. The van der Waals surface area contributed by atoms with Crippen LogP contribution in [0.1, 0.15) is 31.4 Å². The second-order valence-corrected chi connectivity index (χ2v) is 4.10. The highest BCUT2D eigenvalue weighted by atomic mass is 16.3. The number of benzene rings is 1. The Morgan fingerprint density at radius 3 is 2.53 bits per heavy atom. The highest BCUT2D eigenvalue weighted by Crippen LogP contribution is 2.12. The lowest BCUT2D eigenvalue weighted by atomic mass is 10.1. The molecule has 1 aromatic rings. The van der Waals surface area contributed by atoms with Crippen molar-refractivity contribution in [2.24, 2.45) is 0 Å². The van der Waals surface area contributed by atoms with E-state index in [-0.39, 0.29) is 25.0 Å². The Bertz CT molecular complexity index is 338. The molecule has 3 N–H and O–H groups in total. The molecule has 1 rings (SSSR count). The fraction of sp³-hybridized carbons (Fsp3) is 0.462. The molecule has 2 unspecified atom stereocenters. The van der Waals surface area contributed by atoms with Gasteiger partial charge in [0.15, 0.2) is 0 Å². The highest BCUT2D eigenvalue weighted by Gasteiger charge is 2.13. The van der Waals surface area contributed by atoms with Gasteiger partial charge in [0.2, 0.25) is 5.91 Å². The third-order valence-corrected chi connectivity index (χ3v) is 2.51. The first-order valence-corrected chi connectivity index (χ1v) is 5.76. The molecule has 0 aliphatic rings. The van der Waals surface area contributed by atoms with Crippen molar-refractivity contribution in [2.45, 2.75) is 31.9 Å². The van der Waals surface area contributed by atoms with Crippen LogP contribution in [0, 0.1) is 0 Å². The van der Waals surface area contributed by atoms with Crippen LogP contribution >= 0.6 is 0 Å². The zero-order chi connectivity index (χ0) is 12.7. The molecule has 0 fully saturated rings. The van der Waals surface area contributed by atoms with Gasteiger partial charge in [0.1, 0.15) is 0 Å². The summed E-state index contributed by atoms with van der Waals surface area (Å²) in [7, 11) is 0. The van der Waals surface area contributed by atoms with Gasteiger partial charge in [-0.05, 0) is 18.9 Å². The summed E-state index contributed by atoms with van der Waals surface area (Å²) in [5.74, 6) is -0.159. The number of hydrogen-bond acceptors (Lipinski definition) is 3. The van der Waals surface area contributed by atoms with Gasteiger partial charge in [0.25, 0.3) is 0 Å². The number of carbonyl (C=O) groups is 1. The van der Waals surface area contributed by atoms with E-state index in [2.05, 4.69) is 5.32 Å². The van der Waals surface area contributed by atoms with E-state index in [0.29, 0.717) is 6.42 Å². The topological polar surface area (TPSA) is 69.6 Å². The van der Waals surface area contributed by atoms with Gasteiger partial charge >= 0.3 is 0 Å². The van der Waals surface area contributed by atoms with Gasteiger partial charge in [-0.2, -0.15) is 0 Å². The number of nitrogens with one attached hydrogen (secondary N) is 1. The van der Waals surface area contributed by atoms with E-state index in [9.17, 15) is 9.90 Å². The maximum Gasteiger partial charge on any atom is 0.220 e. The Balaban J connectivity index is 2.50. The summed E-state index contributed by atoms with van der Waals surface area (Å²) in [5, 5.41) is 21.1. The molecule has 4 heteroatoms. The standard InChI is InChI=1S/C13H19NO3/c1-10(16)7-8-13(17)14-12(9-15)11-5-3-2-4-6-11/h2-6,10,12,15-16H,7-9H2,1H3,(H,14,17). The molecular weight excluding hydrogens is 218 g/mol. The van der Waals surface area contributed by atoms with E-state index in [1.165, 1.54) is 0 Å². The zero-order valence-electron chi connectivity index (χ0n) is 9.97. The van der Waals surface area contributed by atoms with Crippen LogP contribution in [-0.4, -0.2) is 28.8 Å². The molecule has 2 atom stereocenters. The van der Waals surface area contributed by atoms with E-state index >= 15 is 0 Å². The van der Waals surface area contributed by atoms with E-state index < -0.39 is 6.10 Å². The van der Waals surface area contributed by atoms with Gasteiger partial charge in [0, 0.05) is 6.42 Å². The monoisotopic (exact) mass is 237 g/mol. The molecule has 0 aliphatic carbocycles. The first kappa shape index (κ1) is 13.7. The van der Waals surface area contributed by atoms with E-state index in [0.717, 1.165) is 5.56 Å². The van der Waals surface area contributed by atoms with Crippen LogP contribution in [0.15, 0.2) is 30.3 Å². The smallest absolute Gasteiger partial charge is 0.220 e. The van der Waals surface area contributed by atoms with Crippen LogP contribution in [0.5, 0.6) is 0 Å². The maximum absolute atomic E-state index is 11.6. The van der Waals surface area contributed by atoms with Crippen LogP contribution in [0.4, 0.5) is 0 Å². The highest BCUT2D eigenvalue weighted by molar-refractivity contribution is 5.76. The van der Waals surface area contributed by atoms with Crippen LogP contribution in [0.2, 0.25) is 0 Å². The van der Waals surface area contributed by atoms with Crippen molar-refractivity contribution in [3.8, 4) is 0 Å². The fourth-order valence-corrected chi connectivity index (χ4v) is 1.53. The molecule has 0 saturated carbocycles. The minimum absolute atomic E-state index is 0.134. The van der Waals surface area contributed by atoms with Crippen molar-refractivity contribution in [3.05, 3.63) is 35.9 Å². The fourth-order valence-electron chi connectivity index (χ4n) is 1.53. The summed E-state index contributed by atoms with van der Waals surface area (Å²) >= 11 is 0. The number of hydrogen-bond donors (Lipinski definition) is 3. The molecule has 4 nitrogen and oxygen atoms in total. The molecule has 0 radical (unpaired) electrons. The molecule has 1 amide bonds. The summed E-state index contributed by atoms with van der Waals surface area (Å²) in [6, 6.07) is 8.94. The summed E-state index contributed by atoms with van der Waals surface area (Å²) < 4.78 is 0. The van der Waals surface area contributed by atoms with Gasteiger partial charge in [-0.15, -0.1) is 0 Å². The third kappa shape index (κ3) is 4.97. The Labute approximate surface area is 101 Å². The Morgan fingerprint density at radius 2 is 2.00 bits per heavy atom. The van der Waals surface area contributed by atoms with Crippen LogP contribution < -0.4 is 5.32 Å². The molecule has 0 bridgehead atoms. The Hall–Kier alpha value is -1.39. The minimum Gasteiger partial charge on any atom is -0.394 e.